The number of aryl methyl sites for hydroxylation is 2. The molecule has 0 aromatic heterocycles. The van der Waals surface area contributed by atoms with E-state index in [1.807, 2.05) is 0 Å². The van der Waals surface area contributed by atoms with Crippen molar-refractivity contribution in [1.29, 1.82) is 0 Å². The van der Waals surface area contributed by atoms with E-state index in [1.165, 1.54) is 25.8 Å². The Kier molecular flexibility index (Phi) is 7.51. The molecule has 0 aliphatic rings. The average molecular weight is 441 g/mol. The minimum absolute atomic E-state index is 0.0312. The van der Waals surface area contributed by atoms with Crippen molar-refractivity contribution in [2.75, 3.05) is 0 Å². The number of hydrogen-bond donors (Lipinski definition) is 0. The van der Waals surface area contributed by atoms with Crippen molar-refractivity contribution in [3.8, 4) is 0 Å². The number of hydrogen-bond acceptors (Lipinski definition) is 3. The molecule has 0 N–H and O–H groups in total. The molecule has 0 aliphatic heterocycles. The summed E-state index contributed by atoms with van der Waals surface area (Å²) in [5.41, 5.74) is -3.04. The van der Waals surface area contributed by atoms with E-state index in [1.54, 1.807) is 0 Å². The van der Waals surface area contributed by atoms with Gasteiger partial charge in [0.15, 0.2) is 24.8 Å². The molecular formula is C21H19F3O3S2. The Labute approximate surface area is 171 Å². The number of halogens is 3. The Hall–Kier alpha value is -2.29. The summed E-state index contributed by atoms with van der Waals surface area (Å²) in [5.74, 6) is 0. The summed E-state index contributed by atoms with van der Waals surface area (Å²) in [6, 6.07) is 28.6. The predicted octanol–water partition coefficient (Wildman–Crippen LogP) is 5.45. The third-order valence-corrected chi connectivity index (χ3v) is 6.57. The third kappa shape index (κ3) is 6.62. The van der Waals surface area contributed by atoms with Crippen LogP contribution in [0.1, 0.15) is 11.1 Å². The zero-order valence-electron chi connectivity index (χ0n) is 15.7. The van der Waals surface area contributed by atoms with E-state index in [-0.39, 0.29) is 10.9 Å². The van der Waals surface area contributed by atoms with Crippen molar-refractivity contribution in [2.24, 2.45) is 0 Å². The molecule has 0 aliphatic carbocycles. The van der Waals surface area contributed by atoms with Crippen molar-refractivity contribution in [2.45, 2.75) is 34.0 Å². The molecule has 3 aromatic rings. The van der Waals surface area contributed by atoms with Gasteiger partial charge in [-0.2, -0.15) is 13.2 Å². The SMILES string of the molecule is Cc1ccc([S+](c2ccccc2)c2ccc(C)cc2)cc1.O=S(=O)([O-])C(F)(F)F. The van der Waals surface area contributed by atoms with E-state index < -0.39 is 15.6 Å². The van der Waals surface area contributed by atoms with Gasteiger partial charge in [0.1, 0.15) is 0 Å². The van der Waals surface area contributed by atoms with E-state index in [9.17, 15) is 13.2 Å². The molecule has 0 unspecified atom stereocenters. The van der Waals surface area contributed by atoms with E-state index in [4.69, 9.17) is 13.0 Å². The second-order valence-corrected chi connectivity index (χ2v) is 9.54. The summed E-state index contributed by atoms with van der Waals surface area (Å²) in [5, 5.41) is 0. The fourth-order valence-electron chi connectivity index (χ4n) is 2.31. The lowest BCUT2D eigenvalue weighted by molar-refractivity contribution is -0.0517. The molecule has 0 radical (unpaired) electrons. The zero-order valence-corrected chi connectivity index (χ0v) is 17.3. The summed E-state index contributed by atoms with van der Waals surface area (Å²) in [7, 11) is -6.12. The smallest absolute Gasteiger partial charge is 0.485 e. The third-order valence-electron chi connectivity index (χ3n) is 3.78. The molecule has 0 saturated carbocycles. The highest BCUT2D eigenvalue weighted by Gasteiger charge is 2.37. The summed E-state index contributed by atoms with van der Waals surface area (Å²) in [6.45, 7) is 4.27. The van der Waals surface area contributed by atoms with Crippen LogP contribution in [0.25, 0.3) is 0 Å². The van der Waals surface area contributed by atoms with Crippen LogP contribution >= 0.6 is 0 Å². The van der Waals surface area contributed by atoms with E-state index in [0.717, 1.165) is 0 Å². The normalized spacial score (nSPS) is 11.7. The van der Waals surface area contributed by atoms with Gasteiger partial charge in [0, 0.05) is 0 Å². The first kappa shape index (κ1) is 23.0. The Morgan fingerprint density at radius 3 is 1.31 bits per heavy atom. The Balaban J connectivity index is 0.000000321. The molecule has 0 spiro atoms. The van der Waals surface area contributed by atoms with Gasteiger partial charge in [-0.15, -0.1) is 0 Å². The average Bonchev–Trinajstić information content (AvgIpc) is 2.65. The standard InChI is InChI=1S/C20H19S.CHF3O3S/c1-16-8-12-19(13-9-16)21(18-6-4-3-5-7-18)20-14-10-17(2)11-15-20;2-1(3,4)8(5,6)7/h3-15H,1-2H3;(H,5,6,7)/q+1;/p-1. The topological polar surface area (TPSA) is 57.2 Å². The fraction of sp³-hybridized carbons (Fsp3) is 0.143. The minimum atomic E-state index is -6.09. The molecule has 0 saturated heterocycles. The first-order valence-corrected chi connectivity index (χ1v) is 11.1. The van der Waals surface area contributed by atoms with Crippen LogP contribution in [0.5, 0.6) is 0 Å². The highest BCUT2D eigenvalue weighted by Crippen LogP contribution is 2.31. The monoisotopic (exact) mass is 440 g/mol. The largest absolute Gasteiger partial charge is 0.741 e. The number of benzene rings is 3. The molecule has 0 heterocycles. The Bertz CT molecular complexity index is 970. The van der Waals surface area contributed by atoms with Gasteiger partial charge in [-0.25, -0.2) is 8.42 Å². The van der Waals surface area contributed by atoms with Crippen LogP contribution in [0, 0.1) is 13.8 Å². The molecule has 8 heteroatoms. The lowest BCUT2D eigenvalue weighted by Crippen LogP contribution is -2.21. The first-order valence-electron chi connectivity index (χ1n) is 8.44. The molecule has 3 aromatic carbocycles. The Morgan fingerprint density at radius 2 is 1.00 bits per heavy atom. The molecule has 0 amide bonds. The van der Waals surface area contributed by atoms with E-state index in [2.05, 4.69) is 92.7 Å². The molecule has 0 bridgehead atoms. The van der Waals surface area contributed by atoms with Crippen molar-refractivity contribution in [3.63, 3.8) is 0 Å². The van der Waals surface area contributed by atoms with Crippen LogP contribution in [0.2, 0.25) is 0 Å². The van der Waals surface area contributed by atoms with Gasteiger partial charge < -0.3 is 4.55 Å². The summed E-state index contributed by atoms with van der Waals surface area (Å²) >= 11 is 0. The number of alkyl halides is 3. The number of rotatable bonds is 3. The van der Waals surface area contributed by atoms with Crippen molar-refractivity contribution in [1.82, 2.24) is 0 Å². The van der Waals surface area contributed by atoms with Gasteiger partial charge in [-0.05, 0) is 50.2 Å². The van der Waals surface area contributed by atoms with Gasteiger partial charge in [0.2, 0.25) is 0 Å². The summed E-state index contributed by atoms with van der Waals surface area (Å²) in [4.78, 5) is 4.11. The van der Waals surface area contributed by atoms with Gasteiger partial charge in [0.25, 0.3) is 0 Å². The first-order chi connectivity index (χ1) is 13.5. The molecule has 154 valence electrons. The van der Waals surface area contributed by atoms with Gasteiger partial charge in [-0.3, -0.25) is 0 Å². The summed E-state index contributed by atoms with van der Waals surface area (Å²) in [6.07, 6.45) is 0. The lowest BCUT2D eigenvalue weighted by Gasteiger charge is -2.08. The molecule has 3 rings (SSSR count). The van der Waals surface area contributed by atoms with E-state index >= 15 is 0 Å². The van der Waals surface area contributed by atoms with Crippen LogP contribution in [-0.2, 0) is 21.0 Å². The second-order valence-electron chi connectivity index (χ2n) is 6.15. The molecule has 3 nitrogen and oxygen atoms in total. The maximum atomic E-state index is 10.7. The van der Waals surface area contributed by atoms with Crippen LogP contribution in [0.4, 0.5) is 13.2 Å². The van der Waals surface area contributed by atoms with Crippen LogP contribution in [-0.4, -0.2) is 18.5 Å². The van der Waals surface area contributed by atoms with Crippen LogP contribution < -0.4 is 0 Å². The van der Waals surface area contributed by atoms with Gasteiger partial charge >= 0.3 is 5.51 Å². The maximum Gasteiger partial charge on any atom is 0.485 e. The zero-order chi connectivity index (χ0) is 21.7. The van der Waals surface area contributed by atoms with Crippen LogP contribution in [0.3, 0.4) is 0 Å². The quantitative estimate of drug-likeness (QED) is 0.309. The highest BCUT2D eigenvalue weighted by molar-refractivity contribution is 7.97. The molecule has 29 heavy (non-hydrogen) atoms. The fourth-order valence-corrected chi connectivity index (χ4v) is 4.38. The molecule has 0 atom stereocenters. The van der Waals surface area contributed by atoms with Crippen molar-refractivity contribution < 1.29 is 26.1 Å². The summed E-state index contributed by atoms with van der Waals surface area (Å²) < 4.78 is 58.9. The molecule has 0 fully saturated rings. The molecular weight excluding hydrogens is 421 g/mol. The van der Waals surface area contributed by atoms with Gasteiger partial charge in [0.05, 0.1) is 10.9 Å². The predicted molar refractivity (Wildman–Crippen MR) is 107 cm³/mol. The van der Waals surface area contributed by atoms with Crippen LogP contribution in [0.15, 0.2) is 93.5 Å². The van der Waals surface area contributed by atoms with Gasteiger partial charge in [-0.1, -0.05) is 53.6 Å². The Morgan fingerprint density at radius 1 is 0.690 bits per heavy atom. The van der Waals surface area contributed by atoms with Crippen molar-refractivity contribution in [3.05, 3.63) is 90.0 Å². The minimum Gasteiger partial charge on any atom is -0.741 e. The maximum absolute atomic E-state index is 10.7. The van der Waals surface area contributed by atoms with E-state index in [0.29, 0.717) is 0 Å². The lowest BCUT2D eigenvalue weighted by atomic mass is 10.2. The highest BCUT2D eigenvalue weighted by atomic mass is 32.2. The van der Waals surface area contributed by atoms with Crippen molar-refractivity contribution >= 4 is 21.0 Å². The second kappa shape index (κ2) is 9.47.